The van der Waals surface area contributed by atoms with E-state index in [1.54, 1.807) is 65.3 Å². The number of carbonyl (C=O) groups is 4. The molecule has 2 aromatic rings. The molecule has 4 rings (SSSR count). The number of rotatable bonds is 6. The Bertz CT molecular complexity index is 1050. The highest BCUT2D eigenvalue weighted by atomic mass is 16.5. The standard InChI is InChI=1S/C25H27N3O5/c1-2-33-25(32)19-10-12-20(13-11-19)26-23(30)18-8-6-17(7-9-18)15-27-16-22(29)28-14-4-3-5-21(28)24(27)31/h6-13,21H,2-5,14-16H2,1H3,(H,26,30)/t21-/m0/s1. The van der Waals surface area contributed by atoms with E-state index in [0.717, 1.165) is 24.8 Å². The van der Waals surface area contributed by atoms with Gasteiger partial charge in [0.05, 0.1) is 12.2 Å². The van der Waals surface area contributed by atoms with Crippen molar-refractivity contribution in [2.45, 2.75) is 38.8 Å². The van der Waals surface area contributed by atoms with Crippen LogP contribution in [0.15, 0.2) is 48.5 Å². The van der Waals surface area contributed by atoms with Gasteiger partial charge in [-0.25, -0.2) is 4.79 Å². The summed E-state index contributed by atoms with van der Waals surface area (Å²) < 4.78 is 4.95. The third kappa shape index (κ3) is 5.05. The van der Waals surface area contributed by atoms with Crippen LogP contribution in [0.25, 0.3) is 0 Å². The molecule has 2 aromatic carbocycles. The van der Waals surface area contributed by atoms with Crippen LogP contribution in [-0.4, -0.2) is 59.2 Å². The molecule has 0 aliphatic carbocycles. The SMILES string of the molecule is CCOC(=O)c1ccc(NC(=O)c2ccc(CN3CC(=O)N4CCCC[C@H]4C3=O)cc2)cc1. The fourth-order valence-corrected chi connectivity index (χ4v) is 4.25. The lowest BCUT2D eigenvalue weighted by molar-refractivity contribution is -0.158. The zero-order valence-corrected chi connectivity index (χ0v) is 18.6. The number of hydrogen-bond acceptors (Lipinski definition) is 5. The molecule has 2 aliphatic rings. The van der Waals surface area contributed by atoms with Gasteiger partial charge in [-0.3, -0.25) is 14.4 Å². The first-order chi connectivity index (χ1) is 16.0. The van der Waals surface area contributed by atoms with Crippen molar-refractivity contribution in [3.63, 3.8) is 0 Å². The molecule has 0 bridgehead atoms. The van der Waals surface area contributed by atoms with E-state index in [0.29, 0.717) is 36.5 Å². The summed E-state index contributed by atoms with van der Waals surface area (Å²) in [5, 5.41) is 2.80. The summed E-state index contributed by atoms with van der Waals surface area (Å²) in [5.41, 5.74) is 2.30. The number of carbonyl (C=O) groups excluding carboxylic acids is 4. The molecule has 0 unspecified atom stereocenters. The second kappa shape index (κ2) is 9.85. The van der Waals surface area contributed by atoms with E-state index in [-0.39, 0.29) is 30.3 Å². The van der Waals surface area contributed by atoms with Crippen LogP contribution in [0.3, 0.4) is 0 Å². The number of hydrogen-bond donors (Lipinski definition) is 1. The van der Waals surface area contributed by atoms with Crippen molar-refractivity contribution in [3.8, 4) is 0 Å². The van der Waals surface area contributed by atoms with Crippen LogP contribution >= 0.6 is 0 Å². The molecule has 0 saturated carbocycles. The second-order valence-electron chi connectivity index (χ2n) is 8.24. The molecule has 1 N–H and O–H groups in total. The van der Waals surface area contributed by atoms with Gasteiger partial charge in [0.25, 0.3) is 5.91 Å². The summed E-state index contributed by atoms with van der Waals surface area (Å²) in [6, 6.07) is 13.1. The second-order valence-corrected chi connectivity index (χ2v) is 8.24. The van der Waals surface area contributed by atoms with Crippen molar-refractivity contribution in [3.05, 3.63) is 65.2 Å². The van der Waals surface area contributed by atoms with E-state index in [1.807, 2.05) is 0 Å². The smallest absolute Gasteiger partial charge is 0.338 e. The van der Waals surface area contributed by atoms with Crippen LogP contribution in [0.5, 0.6) is 0 Å². The monoisotopic (exact) mass is 449 g/mol. The minimum absolute atomic E-state index is 0.00221. The molecule has 3 amide bonds. The molecule has 2 fully saturated rings. The lowest BCUT2D eigenvalue weighted by atomic mass is 9.98. The number of nitrogens with zero attached hydrogens (tertiary/aromatic N) is 2. The summed E-state index contributed by atoms with van der Waals surface area (Å²) in [5.74, 6) is -0.685. The number of piperidine rings is 1. The number of amides is 3. The highest BCUT2D eigenvalue weighted by Gasteiger charge is 2.40. The van der Waals surface area contributed by atoms with Gasteiger partial charge in [0, 0.05) is 24.3 Å². The van der Waals surface area contributed by atoms with Gasteiger partial charge in [-0.15, -0.1) is 0 Å². The Morgan fingerprint density at radius 3 is 2.39 bits per heavy atom. The van der Waals surface area contributed by atoms with Gasteiger partial charge in [-0.1, -0.05) is 12.1 Å². The molecule has 0 aromatic heterocycles. The van der Waals surface area contributed by atoms with Crippen LogP contribution in [0, 0.1) is 0 Å². The number of esters is 1. The predicted molar refractivity (Wildman–Crippen MR) is 122 cm³/mol. The molecular formula is C25H27N3O5. The van der Waals surface area contributed by atoms with Crippen LogP contribution in [0.4, 0.5) is 5.69 Å². The Morgan fingerprint density at radius 2 is 1.70 bits per heavy atom. The number of nitrogens with one attached hydrogen (secondary N) is 1. The molecule has 172 valence electrons. The van der Waals surface area contributed by atoms with Crippen LogP contribution in [0.1, 0.15) is 52.5 Å². The summed E-state index contributed by atoms with van der Waals surface area (Å²) in [6.07, 6.45) is 2.64. The summed E-state index contributed by atoms with van der Waals surface area (Å²) in [4.78, 5) is 52.9. The molecule has 2 aliphatic heterocycles. The number of piperazine rings is 1. The van der Waals surface area contributed by atoms with Gasteiger partial charge in [-0.2, -0.15) is 0 Å². The van der Waals surface area contributed by atoms with Gasteiger partial charge in [0.2, 0.25) is 11.8 Å². The number of benzene rings is 2. The Labute approximate surface area is 192 Å². The summed E-state index contributed by atoms with van der Waals surface area (Å²) in [7, 11) is 0. The average molecular weight is 450 g/mol. The Balaban J connectivity index is 1.36. The van der Waals surface area contributed by atoms with Gasteiger partial charge >= 0.3 is 5.97 Å². The van der Waals surface area contributed by atoms with Crippen molar-refractivity contribution in [1.82, 2.24) is 9.80 Å². The average Bonchev–Trinajstić information content (AvgIpc) is 2.83. The lowest BCUT2D eigenvalue weighted by Crippen LogP contribution is -2.60. The molecule has 8 nitrogen and oxygen atoms in total. The number of fused-ring (bicyclic) bond motifs is 1. The number of ether oxygens (including phenoxy) is 1. The van der Waals surface area contributed by atoms with Gasteiger partial charge in [0.15, 0.2) is 0 Å². The highest BCUT2D eigenvalue weighted by Crippen LogP contribution is 2.24. The Kier molecular flexibility index (Phi) is 6.72. The highest BCUT2D eigenvalue weighted by molar-refractivity contribution is 6.04. The largest absolute Gasteiger partial charge is 0.462 e. The third-order valence-corrected chi connectivity index (χ3v) is 5.99. The fraction of sp³-hybridized carbons (Fsp3) is 0.360. The fourth-order valence-electron chi connectivity index (χ4n) is 4.25. The quantitative estimate of drug-likeness (QED) is 0.684. The molecular weight excluding hydrogens is 422 g/mol. The third-order valence-electron chi connectivity index (χ3n) is 5.99. The van der Waals surface area contributed by atoms with Crippen molar-refractivity contribution in [2.24, 2.45) is 0 Å². The first-order valence-electron chi connectivity index (χ1n) is 11.2. The van der Waals surface area contributed by atoms with E-state index < -0.39 is 5.97 Å². The van der Waals surface area contributed by atoms with Crippen LogP contribution in [0.2, 0.25) is 0 Å². The first kappa shape index (κ1) is 22.5. The molecule has 8 heteroatoms. The predicted octanol–water partition coefficient (Wildman–Crippen LogP) is 2.84. The molecule has 2 saturated heterocycles. The maximum absolute atomic E-state index is 12.8. The van der Waals surface area contributed by atoms with Gasteiger partial charge in [-0.05, 0) is 68.1 Å². The normalized spacial score (nSPS) is 18.0. The zero-order valence-electron chi connectivity index (χ0n) is 18.6. The van der Waals surface area contributed by atoms with Gasteiger partial charge < -0.3 is 19.9 Å². The Hall–Kier alpha value is -3.68. The molecule has 0 radical (unpaired) electrons. The van der Waals surface area contributed by atoms with E-state index in [1.165, 1.54) is 0 Å². The van der Waals surface area contributed by atoms with E-state index in [4.69, 9.17) is 4.74 Å². The first-order valence-corrected chi connectivity index (χ1v) is 11.2. The summed E-state index contributed by atoms with van der Waals surface area (Å²) >= 11 is 0. The molecule has 33 heavy (non-hydrogen) atoms. The molecule has 1 atom stereocenters. The van der Waals surface area contributed by atoms with Crippen molar-refractivity contribution in [2.75, 3.05) is 25.0 Å². The maximum Gasteiger partial charge on any atom is 0.338 e. The molecule has 0 spiro atoms. The van der Waals surface area contributed by atoms with E-state index in [2.05, 4.69) is 5.32 Å². The van der Waals surface area contributed by atoms with Crippen molar-refractivity contribution >= 4 is 29.4 Å². The maximum atomic E-state index is 12.8. The van der Waals surface area contributed by atoms with E-state index >= 15 is 0 Å². The van der Waals surface area contributed by atoms with Crippen molar-refractivity contribution < 1.29 is 23.9 Å². The minimum Gasteiger partial charge on any atom is -0.462 e. The van der Waals surface area contributed by atoms with E-state index in [9.17, 15) is 19.2 Å². The van der Waals surface area contributed by atoms with Gasteiger partial charge in [0.1, 0.15) is 12.6 Å². The van der Waals surface area contributed by atoms with Crippen molar-refractivity contribution in [1.29, 1.82) is 0 Å². The number of anilines is 1. The topological polar surface area (TPSA) is 96.0 Å². The van der Waals surface area contributed by atoms with Crippen LogP contribution < -0.4 is 5.32 Å². The van der Waals surface area contributed by atoms with Crippen LogP contribution in [-0.2, 0) is 20.9 Å². The summed E-state index contributed by atoms with van der Waals surface area (Å²) in [6.45, 7) is 3.14. The zero-order chi connectivity index (χ0) is 23.4. The minimum atomic E-state index is -0.406. The molecule has 2 heterocycles. The lowest BCUT2D eigenvalue weighted by Gasteiger charge is -2.42. The Morgan fingerprint density at radius 1 is 1.00 bits per heavy atom.